The van der Waals surface area contributed by atoms with Crippen molar-refractivity contribution >= 4 is 18.0 Å². The molecule has 26 nitrogen and oxygen atoms in total. The molecular weight excluding hydrogens is 1100 g/mol. The number of ether oxygens (including phenoxy) is 13. The lowest BCUT2D eigenvalue weighted by molar-refractivity contribution is -0.386. The number of rotatable bonds is 24. The van der Waals surface area contributed by atoms with E-state index in [2.05, 4.69) is 4.74 Å². The fourth-order valence-corrected chi connectivity index (χ4v) is 9.68. The average Bonchev–Trinajstić information content (AvgIpc) is 3.02. The number of carbonyl (C=O) groups excluding carboxylic acids is 3. The Kier molecular flexibility index (Phi) is 23.2. The summed E-state index contributed by atoms with van der Waals surface area (Å²) in [5.41, 5.74) is 2.99. The smallest absolute Gasteiger partial charge is 0.410 e. The van der Waals surface area contributed by atoms with Gasteiger partial charge in [0, 0.05) is 13.1 Å². The van der Waals surface area contributed by atoms with E-state index in [-0.39, 0.29) is 46.1 Å². The number of aliphatic hydroxyl groups excluding tert-OH is 9. The summed E-state index contributed by atoms with van der Waals surface area (Å²) in [5, 5.41) is 103. The van der Waals surface area contributed by atoms with Crippen LogP contribution in [0.1, 0.15) is 22.3 Å². The summed E-state index contributed by atoms with van der Waals surface area (Å²) in [6, 6.07) is 36.0. The summed E-state index contributed by atoms with van der Waals surface area (Å²) < 4.78 is 74.9. The highest BCUT2D eigenvalue weighted by Gasteiger charge is 2.57. The van der Waals surface area contributed by atoms with Gasteiger partial charge in [-0.3, -0.25) is 0 Å². The summed E-state index contributed by atoms with van der Waals surface area (Å²) in [6.07, 6.45) is -39.0. The maximum absolute atomic E-state index is 13.5. The topological polar surface area (TPSA) is 357 Å². The van der Waals surface area contributed by atoms with Gasteiger partial charge in [0.2, 0.25) is 0 Å². The molecule has 454 valence electrons. The Morgan fingerprint density at radius 3 is 1.33 bits per heavy atom. The average molecular weight is 1170 g/mol. The molecule has 26 heteroatoms. The fraction of sp³-hybridized carbons (Fsp3) is 0.526. The van der Waals surface area contributed by atoms with E-state index in [9.17, 15) is 60.3 Å². The van der Waals surface area contributed by atoms with Crippen molar-refractivity contribution in [3.63, 3.8) is 0 Å². The molecule has 83 heavy (non-hydrogen) atoms. The van der Waals surface area contributed by atoms with Gasteiger partial charge in [-0.05, 0) is 22.3 Å². The van der Waals surface area contributed by atoms with Gasteiger partial charge in [0.15, 0.2) is 37.4 Å². The van der Waals surface area contributed by atoms with Crippen LogP contribution >= 0.6 is 0 Å². The van der Waals surface area contributed by atoms with E-state index in [0.29, 0.717) is 5.56 Å². The molecule has 0 unspecified atom stereocenters. The summed E-state index contributed by atoms with van der Waals surface area (Å²) in [5.74, 6) is -2.35. The van der Waals surface area contributed by atoms with Crippen LogP contribution in [-0.2, 0) is 97.5 Å². The van der Waals surface area contributed by atoms with Crippen molar-refractivity contribution < 1.29 is 122 Å². The van der Waals surface area contributed by atoms with E-state index in [4.69, 9.17) is 56.8 Å². The summed E-state index contributed by atoms with van der Waals surface area (Å²) in [6.45, 7) is -1.04. The largest absolute Gasteiger partial charge is 0.467 e. The predicted octanol–water partition coefficient (Wildman–Crippen LogP) is -1.08. The van der Waals surface area contributed by atoms with Crippen molar-refractivity contribution in [1.82, 2.24) is 4.90 Å². The van der Waals surface area contributed by atoms with Crippen LogP contribution in [0.4, 0.5) is 4.79 Å². The lowest BCUT2D eigenvalue weighted by Gasteiger charge is -2.49. The molecule has 0 bridgehead atoms. The SMILES string of the molecule is COC(=O)[C@H]1O[C@@H](O[C@H]2[C@H](O)[C@@H](O)[C@H](O[C@@H]3[C@@H](O)[C@H](C(=O)OC)O[C@@H](O[C@H]4[C@H](O)[C@@H](O)[C@H](OCCN(Cc5ccccc5)C(=O)OCc5ccccc5)O[C@@H]4COCc4ccccc4)[C@@H]3O)O[C@@H]2COCc2ccccc2)[C@H](O)[C@@H](O)[C@@H]1O. The molecule has 0 spiro atoms. The number of hydrogen-bond donors (Lipinski definition) is 9. The molecule has 4 fully saturated rings. The van der Waals surface area contributed by atoms with Gasteiger partial charge in [0.1, 0.15) is 92.1 Å². The van der Waals surface area contributed by atoms with Crippen molar-refractivity contribution in [2.75, 3.05) is 40.6 Å². The van der Waals surface area contributed by atoms with E-state index >= 15 is 0 Å². The van der Waals surface area contributed by atoms with Crippen LogP contribution < -0.4 is 0 Å². The van der Waals surface area contributed by atoms with Gasteiger partial charge >= 0.3 is 18.0 Å². The maximum atomic E-state index is 13.5. The zero-order chi connectivity index (χ0) is 59.2. The summed E-state index contributed by atoms with van der Waals surface area (Å²) >= 11 is 0. The van der Waals surface area contributed by atoms with Crippen molar-refractivity contribution in [2.24, 2.45) is 0 Å². The summed E-state index contributed by atoms with van der Waals surface area (Å²) in [7, 11) is 1.96. The number of hydrogen-bond acceptors (Lipinski definition) is 25. The van der Waals surface area contributed by atoms with Gasteiger partial charge in [-0.2, -0.15) is 0 Å². The van der Waals surface area contributed by atoms with Crippen molar-refractivity contribution in [3.8, 4) is 0 Å². The van der Waals surface area contributed by atoms with E-state index in [1.165, 1.54) is 4.90 Å². The molecular formula is C57H71NO25. The summed E-state index contributed by atoms with van der Waals surface area (Å²) in [4.78, 5) is 40.7. The molecule has 1 amide bonds. The first-order valence-corrected chi connectivity index (χ1v) is 26.8. The molecule has 0 saturated carbocycles. The zero-order valence-corrected chi connectivity index (χ0v) is 45.3. The second-order valence-electron chi connectivity index (χ2n) is 20.0. The number of aliphatic hydroxyl groups is 9. The Labute approximate surface area is 476 Å². The van der Waals surface area contributed by atoms with E-state index in [1.54, 1.807) is 54.6 Å². The standard InChI is InChI=1S/C57H71NO25/c1-71-51(68)49-38(60)37(59)41(63)55(82-49)79-47-36(30-74-27-33-19-11-5-12-20-33)78-54(43(65)40(47)62)81-48-44(66)50(52(69)72-2)83-56(45(48)67)80-46-35(29-73-26-32-17-9-4-10-18-32)77-53(42(64)39(46)61)75-24-23-58(25-31-15-7-3-8-16-31)57(70)76-28-34-21-13-6-14-22-34/h3-22,35-50,53-56,59-67H,23-30H2,1-2H3/t35-,36-,37+,38+,39-,40-,41-,42-,43-,44-,45-,46-,47-,48-,49+,50-,53-,54+,55-,56-/m1/s1. The Bertz CT molecular complexity index is 2600. The second kappa shape index (κ2) is 30.4. The van der Waals surface area contributed by atoms with Crippen LogP contribution in [0.15, 0.2) is 121 Å². The Morgan fingerprint density at radius 2 is 0.831 bits per heavy atom. The van der Waals surface area contributed by atoms with Crippen LogP contribution in [0.5, 0.6) is 0 Å². The van der Waals surface area contributed by atoms with Crippen LogP contribution in [0, 0.1) is 0 Å². The molecule has 0 aliphatic carbocycles. The van der Waals surface area contributed by atoms with Gasteiger partial charge in [0.25, 0.3) is 0 Å². The highest BCUT2D eigenvalue weighted by atomic mass is 16.8. The number of esters is 2. The lowest BCUT2D eigenvalue weighted by Crippen LogP contribution is -2.68. The van der Waals surface area contributed by atoms with Crippen LogP contribution in [0.2, 0.25) is 0 Å². The molecule has 4 aliphatic heterocycles. The van der Waals surface area contributed by atoms with Crippen molar-refractivity contribution in [2.45, 2.75) is 149 Å². The highest BCUT2D eigenvalue weighted by molar-refractivity contribution is 5.76. The van der Waals surface area contributed by atoms with Gasteiger partial charge in [-0.25, -0.2) is 14.4 Å². The van der Waals surface area contributed by atoms with E-state index in [1.807, 2.05) is 66.7 Å². The number of benzene rings is 4. The molecule has 4 aromatic carbocycles. The van der Waals surface area contributed by atoms with Gasteiger partial charge in [0.05, 0.1) is 47.3 Å². The number of methoxy groups -OCH3 is 2. The molecule has 4 aromatic rings. The highest BCUT2D eigenvalue weighted by Crippen LogP contribution is 2.36. The third-order valence-corrected chi connectivity index (χ3v) is 14.2. The molecule has 8 rings (SSSR count). The van der Waals surface area contributed by atoms with Crippen molar-refractivity contribution in [3.05, 3.63) is 144 Å². The third kappa shape index (κ3) is 16.2. The van der Waals surface area contributed by atoms with Crippen LogP contribution in [0.25, 0.3) is 0 Å². The molecule has 9 N–H and O–H groups in total. The van der Waals surface area contributed by atoms with E-state index < -0.39 is 147 Å². The minimum atomic E-state index is -2.17. The quantitative estimate of drug-likeness (QED) is 0.0298. The fourth-order valence-electron chi connectivity index (χ4n) is 9.68. The molecule has 20 atom stereocenters. The maximum Gasteiger partial charge on any atom is 0.410 e. The Hall–Kier alpha value is -5.67. The predicted molar refractivity (Wildman–Crippen MR) is 279 cm³/mol. The Balaban J connectivity index is 0.995. The van der Waals surface area contributed by atoms with Crippen molar-refractivity contribution in [1.29, 1.82) is 0 Å². The van der Waals surface area contributed by atoms with Gasteiger partial charge < -0.3 is 112 Å². The minimum absolute atomic E-state index is 0.00734. The zero-order valence-electron chi connectivity index (χ0n) is 45.3. The molecule has 0 radical (unpaired) electrons. The second-order valence-corrected chi connectivity index (χ2v) is 20.0. The number of nitrogens with zero attached hydrogens (tertiary/aromatic N) is 1. The lowest BCUT2D eigenvalue weighted by atomic mass is 9.95. The van der Waals surface area contributed by atoms with E-state index in [0.717, 1.165) is 30.9 Å². The Morgan fingerprint density at radius 1 is 0.434 bits per heavy atom. The first-order valence-electron chi connectivity index (χ1n) is 26.8. The monoisotopic (exact) mass is 1170 g/mol. The van der Waals surface area contributed by atoms with Crippen LogP contribution in [0.3, 0.4) is 0 Å². The van der Waals surface area contributed by atoms with Gasteiger partial charge in [-0.15, -0.1) is 0 Å². The number of amides is 1. The van der Waals surface area contributed by atoms with Crippen LogP contribution in [-0.4, -0.2) is 232 Å². The number of carbonyl (C=O) groups is 3. The normalized spacial score (nSPS) is 33.6. The molecule has 4 aliphatic rings. The minimum Gasteiger partial charge on any atom is -0.467 e. The first kappa shape index (κ1) is 63.4. The third-order valence-electron chi connectivity index (χ3n) is 14.2. The molecule has 0 aromatic heterocycles. The first-order chi connectivity index (χ1) is 40.1. The molecule has 4 saturated heterocycles. The molecule has 4 heterocycles. The van der Waals surface area contributed by atoms with Gasteiger partial charge in [-0.1, -0.05) is 121 Å².